The molecule has 1 aromatic carbocycles. The molecule has 1 fully saturated rings. The number of thiazole rings is 1. The summed E-state index contributed by atoms with van der Waals surface area (Å²) >= 11 is 8.41. The van der Waals surface area contributed by atoms with Gasteiger partial charge in [0.25, 0.3) is 15.9 Å². The fraction of sp³-hybridized carbons (Fsp3) is 0.429. The zero-order chi connectivity index (χ0) is 25.8. The second-order valence-corrected chi connectivity index (χ2v) is 15.4. The van der Waals surface area contributed by atoms with E-state index in [1.165, 1.54) is 20.5 Å². The fourth-order valence-electron chi connectivity index (χ4n) is 4.48. The van der Waals surface area contributed by atoms with Gasteiger partial charge in [-0.2, -0.15) is 4.31 Å². The highest BCUT2D eigenvalue weighted by atomic mass is 35.5. The summed E-state index contributed by atoms with van der Waals surface area (Å²) in [5, 5.41) is 10.2. The van der Waals surface area contributed by atoms with E-state index in [4.69, 9.17) is 16.7 Å². The molecule has 2 atom stereocenters. The van der Waals surface area contributed by atoms with Crippen LogP contribution in [0.1, 0.15) is 27.3 Å². The Kier molecular flexibility index (Phi) is 6.91. The maximum atomic E-state index is 13.5. The molecule has 3 aromatic rings. The summed E-state index contributed by atoms with van der Waals surface area (Å²) in [5.74, 6) is -0.972. The van der Waals surface area contributed by atoms with E-state index in [0.717, 1.165) is 32.0 Å². The number of nitrogens with two attached hydrogens (primary N) is 1. The first-order valence-corrected chi connectivity index (χ1v) is 16.3. The van der Waals surface area contributed by atoms with Gasteiger partial charge in [-0.1, -0.05) is 17.7 Å². The normalized spacial score (nSPS) is 21.6. The molecule has 3 N–H and O–H groups in total. The van der Waals surface area contributed by atoms with Crippen molar-refractivity contribution in [2.75, 3.05) is 25.4 Å². The molecule has 0 bridgehead atoms. The lowest BCUT2D eigenvalue weighted by molar-refractivity contribution is 0.0595. The number of fused-ring (bicyclic) bond motifs is 2. The number of thiophene rings is 1. The highest BCUT2D eigenvalue weighted by molar-refractivity contribution is 7.91. The third-order valence-corrected chi connectivity index (χ3v) is 11.8. The summed E-state index contributed by atoms with van der Waals surface area (Å²) < 4.78 is 53.0. The minimum atomic E-state index is -4.00. The molecule has 194 valence electrons. The summed E-state index contributed by atoms with van der Waals surface area (Å²) in [6.45, 7) is 2.51. The second-order valence-electron chi connectivity index (χ2n) is 8.97. The van der Waals surface area contributed by atoms with Gasteiger partial charge in [-0.15, -0.1) is 22.7 Å². The molecule has 0 spiro atoms. The first-order chi connectivity index (χ1) is 16.9. The Hall–Kier alpha value is -1.65. The summed E-state index contributed by atoms with van der Waals surface area (Å²) in [5.41, 5.74) is 0.865. The smallest absolute Gasteiger partial charge is 0.283 e. The van der Waals surface area contributed by atoms with E-state index in [1.54, 1.807) is 24.3 Å². The molecule has 2 aliphatic heterocycles. The van der Waals surface area contributed by atoms with E-state index in [9.17, 15) is 21.6 Å². The summed E-state index contributed by atoms with van der Waals surface area (Å²) in [6, 6.07) is 6.01. The van der Waals surface area contributed by atoms with Crippen molar-refractivity contribution in [2.24, 2.45) is 5.14 Å². The molecule has 4 heterocycles. The SMILES string of the molecule is CC1Cc2nc(C(=O)N3CCN(S(=O)(=O)c4cc5ccc(Cl)cc5s4)CC3CS(N)(=O)=O)sc2CN1. The minimum Gasteiger partial charge on any atom is -0.330 e. The number of aromatic nitrogens is 1. The summed E-state index contributed by atoms with van der Waals surface area (Å²) in [6.07, 6.45) is 0.701. The van der Waals surface area contributed by atoms with Crippen molar-refractivity contribution in [1.29, 1.82) is 0 Å². The molecule has 1 amide bonds. The highest BCUT2D eigenvalue weighted by Crippen LogP contribution is 2.34. The Morgan fingerprint density at radius 3 is 2.75 bits per heavy atom. The quantitative estimate of drug-likeness (QED) is 0.462. The van der Waals surface area contributed by atoms with E-state index in [1.807, 2.05) is 6.92 Å². The van der Waals surface area contributed by atoms with E-state index in [-0.39, 0.29) is 34.9 Å². The van der Waals surface area contributed by atoms with E-state index in [0.29, 0.717) is 18.0 Å². The zero-order valence-electron chi connectivity index (χ0n) is 19.2. The van der Waals surface area contributed by atoms with Crippen LogP contribution in [0.4, 0.5) is 0 Å². The number of amides is 1. The van der Waals surface area contributed by atoms with Gasteiger partial charge in [-0.05, 0) is 30.5 Å². The van der Waals surface area contributed by atoms with Gasteiger partial charge in [0, 0.05) is 53.2 Å². The van der Waals surface area contributed by atoms with Crippen molar-refractivity contribution in [3.63, 3.8) is 0 Å². The third kappa shape index (κ3) is 5.18. The van der Waals surface area contributed by atoms with Crippen LogP contribution in [0.15, 0.2) is 28.5 Å². The van der Waals surface area contributed by atoms with Crippen LogP contribution in [-0.2, 0) is 33.0 Å². The van der Waals surface area contributed by atoms with Crippen LogP contribution >= 0.6 is 34.3 Å². The number of nitrogens with zero attached hydrogens (tertiary/aromatic N) is 3. The fourth-order valence-corrected chi connectivity index (χ4v) is 9.60. The third-order valence-electron chi connectivity index (χ3n) is 6.26. The zero-order valence-corrected chi connectivity index (χ0v) is 23.2. The first kappa shape index (κ1) is 26.0. The standard InChI is InChI=1S/C21H24ClN5O5S4/c1-12-6-16-18(9-24-12)34-20(25-16)21(28)27-5-4-26(10-15(27)11-35(23,29)30)36(31,32)19-7-13-2-3-14(22)8-17(13)33-19/h2-3,7-8,12,15,24H,4-6,9-11H2,1H3,(H2,23,29,30). The first-order valence-electron chi connectivity index (χ1n) is 11.1. The molecular weight excluding hydrogens is 566 g/mol. The van der Waals surface area contributed by atoms with Gasteiger partial charge in [-0.3, -0.25) is 4.79 Å². The predicted octanol–water partition coefficient (Wildman–Crippen LogP) is 1.85. The molecule has 36 heavy (non-hydrogen) atoms. The van der Waals surface area contributed by atoms with E-state index in [2.05, 4.69) is 10.3 Å². The molecule has 0 aliphatic carbocycles. The molecule has 0 saturated carbocycles. The molecular formula is C21H24ClN5O5S4. The van der Waals surface area contributed by atoms with Gasteiger partial charge in [0.15, 0.2) is 5.01 Å². The number of benzene rings is 1. The van der Waals surface area contributed by atoms with Gasteiger partial charge in [0.2, 0.25) is 10.0 Å². The average molecular weight is 590 g/mol. The second kappa shape index (κ2) is 9.58. The molecule has 2 aliphatic rings. The number of sulfonamides is 2. The van der Waals surface area contributed by atoms with Gasteiger partial charge in [0.1, 0.15) is 4.21 Å². The maximum absolute atomic E-state index is 13.5. The van der Waals surface area contributed by atoms with Crippen LogP contribution in [-0.4, -0.2) is 74.4 Å². The van der Waals surface area contributed by atoms with E-state index < -0.39 is 37.7 Å². The summed E-state index contributed by atoms with van der Waals surface area (Å²) in [7, 11) is -7.93. The lowest BCUT2D eigenvalue weighted by Gasteiger charge is -2.39. The monoisotopic (exact) mass is 589 g/mol. The van der Waals surface area contributed by atoms with Crippen LogP contribution in [0.5, 0.6) is 0 Å². The topological polar surface area (TPSA) is 143 Å². The Balaban J connectivity index is 1.42. The average Bonchev–Trinajstić information content (AvgIpc) is 3.41. The molecule has 1 saturated heterocycles. The van der Waals surface area contributed by atoms with Crippen LogP contribution in [0.3, 0.4) is 0 Å². The largest absolute Gasteiger partial charge is 0.330 e. The Morgan fingerprint density at radius 2 is 2.00 bits per heavy atom. The van der Waals surface area contributed by atoms with Crippen LogP contribution in [0, 0.1) is 0 Å². The molecule has 5 rings (SSSR count). The molecule has 15 heteroatoms. The number of piperazine rings is 1. The van der Waals surface area contributed by atoms with Crippen molar-refractivity contribution in [3.8, 4) is 0 Å². The highest BCUT2D eigenvalue weighted by Gasteiger charge is 2.40. The molecule has 10 nitrogen and oxygen atoms in total. The van der Waals surface area contributed by atoms with E-state index >= 15 is 0 Å². The lowest BCUT2D eigenvalue weighted by atomic mass is 10.1. The number of rotatable bonds is 5. The van der Waals surface area contributed by atoms with Gasteiger partial charge in [-0.25, -0.2) is 27.0 Å². The summed E-state index contributed by atoms with van der Waals surface area (Å²) in [4.78, 5) is 20.3. The van der Waals surface area contributed by atoms with Crippen LogP contribution in [0.2, 0.25) is 5.02 Å². The minimum absolute atomic E-state index is 0.0217. The Bertz CT molecular complexity index is 1550. The number of hydrogen-bond acceptors (Lipinski definition) is 9. The number of carbonyl (C=O) groups is 1. The van der Waals surface area contributed by atoms with Gasteiger partial charge >= 0.3 is 0 Å². The van der Waals surface area contributed by atoms with Crippen LogP contribution in [0.25, 0.3) is 10.1 Å². The Labute approximate surface area is 222 Å². The number of hydrogen-bond donors (Lipinski definition) is 2. The molecule has 0 radical (unpaired) electrons. The van der Waals surface area contributed by atoms with Crippen LogP contribution < -0.4 is 10.5 Å². The van der Waals surface area contributed by atoms with Crippen molar-refractivity contribution in [2.45, 2.75) is 36.2 Å². The van der Waals surface area contributed by atoms with Crippen molar-refractivity contribution >= 4 is 70.3 Å². The predicted molar refractivity (Wildman–Crippen MR) is 141 cm³/mol. The lowest BCUT2D eigenvalue weighted by Crippen LogP contribution is -2.58. The molecule has 2 unspecified atom stereocenters. The number of halogens is 1. The van der Waals surface area contributed by atoms with Crippen molar-refractivity contribution < 1.29 is 21.6 Å². The number of nitrogens with one attached hydrogen (secondary N) is 1. The van der Waals surface area contributed by atoms with Gasteiger partial charge in [0.05, 0.1) is 17.5 Å². The molecule has 2 aromatic heterocycles. The Morgan fingerprint density at radius 1 is 1.22 bits per heavy atom. The number of carbonyl (C=O) groups excluding carboxylic acids is 1. The number of primary sulfonamides is 1. The van der Waals surface area contributed by atoms with Gasteiger partial charge < -0.3 is 10.2 Å². The maximum Gasteiger partial charge on any atom is 0.283 e. The van der Waals surface area contributed by atoms with Crippen molar-refractivity contribution in [1.82, 2.24) is 19.5 Å². The van der Waals surface area contributed by atoms with Crippen molar-refractivity contribution in [3.05, 3.63) is 44.9 Å².